The van der Waals surface area contributed by atoms with Crippen molar-refractivity contribution in [3.8, 4) is 0 Å². The largest absolute Gasteiger partial charge is 0.330 e. The van der Waals surface area contributed by atoms with Crippen molar-refractivity contribution in [1.29, 1.82) is 0 Å². The molecule has 1 unspecified atom stereocenters. The fourth-order valence-corrected chi connectivity index (χ4v) is 3.33. The van der Waals surface area contributed by atoms with E-state index in [1.54, 1.807) is 0 Å². The molecule has 0 spiro atoms. The summed E-state index contributed by atoms with van der Waals surface area (Å²) in [4.78, 5) is 0. The van der Waals surface area contributed by atoms with Crippen LogP contribution in [0, 0.1) is 12.3 Å². The molecule has 114 valence electrons. The van der Waals surface area contributed by atoms with Gasteiger partial charge in [0.2, 0.25) is 0 Å². The third kappa shape index (κ3) is 4.63. The van der Waals surface area contributed by atoms with Crippen LogP contribution in [-0.4, -0.2) is 6.54 Å². The maximum absolute atomic E-state index is 6.06. The second-order valence-electron chi connectivity index (χ2n) is 6.62. The molecule has 1 aliphatic carbocycles. The van der Waals surface area contributed by atoms with Crippen LogP contribution >= 0.6 is 0 Å². The van der Waals surface area contributed by atoms with Gasteiger partial charge in [0.1, 0.15) is 0 Å². The van der Waals surface area contributed by atoms with Crippen LogP contribution in [0.15, 0.2) is 24.3 Å². The van der Waals surface area contributed by atoms with Crippen molar-refractivity contribution in [2.75, 3.05) is 6.54 Å². The van der Waals surface area contributed by atoms with Crippen LogP contribution in [0.5, 0.6) is 0 Å². The van der Waals surface area contributed by atoms with Crippen LogP contribution in [0.4, 0.5) is 0 Å². The van der Waals surface area contributed by atoms with Crippen LogP contribution in [0.2, 0.25) is 0 Å². The van der Waals surface area contributed by atoms with Gasteiger partial charge < -0.3 is 5.73 Å². The first-order valence-electron chi connectivity index (χ1n) is 8.34. The quantitative estimate of drug-likeness (QED) is 0.782. The third-order valence-electron chi connectivity index (χ3n) is 4.55. The molecule has 1 heteroatoms. The zero-order valence-corrected chi connectivity index (χ0v) is 13.9. The molecular formula is C19H33N. The Morgan fingerprint density at radius 2 is 1.55 bits per heavy atom. The van der Waals surface area contributed by atoms with Gasteiger partial charge in [0.25, 0.3) is 0 Å². The molecule has 0 aliphatic heterocycles. The first-order chi connectivity index (χ1) is 9.57. The summed E-state index contributed by atoms with van der Waals surface area (Å²) in [6.45, 7) is 9.60. The number of benzene rings is 1. The maximum Gasteiger partial charge on any atom is 0.00150 e. The van der Waals surface area contributed by atoms with Crippen LogP contribution < -0.4 is 5.73 Å². The molecule has 0 saturated heterocycles. The van der Waals surface area contributed by atoms with Gasteiger partial charge in [0.15, 0.2) is 0 Å². The lowest BCUT2D eigenvalue weighted by atomic mass is 9.65. The minimum atomic E-state index is 0.419. The Bertz CT molecular complexity index is 360. The number of rotatable bonds is 3. The van der Waals surface area contributed by atoms with E-state index in [9.17, 15) is 0 Å². The summed E-state index contributed by atoms with van der Waals surface area (Å²) in [6, 6.07) is 8.97. The molecule has 2 rings (SSSR count). The average Bonchev–Trinajstić information content (AvgIpc) is 2.43. The van der Waals surface area contributed by atoms with E-state index >= 15 is 0 Å². The summed E-state index contributed by atoms with van der Waals surface area (Å²) in [5.74, 6) is 0.531. The summed E-state index contributed by atoms with van der Waals surface area (Å²) in [7, 11) is 0. The third-order valence-corrected chi connectivity index (χ3v) is 4.55. The number of aryl methyl sites for hydroxylation is 1. The van der Waals surface area contributed by atoms with Gasteiger partial charge in [-0.3, -0.25) is 0 Å². The van der Waals surface area contributed by atoms with Gasteiger partial charge in [0, 0.05) is 5.92 Å². The summed E-state index contributed by atoms with van der Waals surface area (Å²) >= 11 is 0. The van der Waals surface area contributed by atoms with Gasteiger partial charge >= 0.3 is 0 Å². The fraction of sp³-hybridized carbons (Fsp3) is 0.684. The molecule has 1 aromatic carbocycles. The topological polar surface area (TPSA) is 26.0 Å². The molecule has 1 aliphatic rings. The highest BCUT2D eigenvalue weighted by molar-refractivity contribution is 5.26. The second kappa shape index (κ2) is 8.46. The van der Waals surface area contributed by atoms with Gasteiger partial charge in [-0.2, -0.15) is 0 Å². The second-order valence-corrected chi connectivity index (χ2v) is 6.62. The molecule has 1 saturated carbocycles. The van der Waals surface area contributed by atoms with Gasteiger partial charge in [-0.05, 0) is 37.3 Å². The van der Waals surface area contributed by atoms with E-state index in [1.165, 1.54) is 49.7 Å². The van der Waals surface area contributed by atoms with Crippen molar-refractivity contribution in [2.24, 2.45) is 11.1 Å². The van der Waals surface area contributed by atoms with E-state index < -0.39 is 0 Å². The normalized spacial score (nSPS) is 18.9. The van der Waals surface area contributed by atoms with Crippen molar-refractivity contribution in [3.05, 3.63) is 35.4 Å². The van der Waals surface area contributed by atoms with Gasteiger partial charge in [-0.15, -0.1) is 0 Å². The van der Waals surface area contributed by atoms with E-state index in [0.717, 1.165) is 6.54 Å². The first kappa shape index (κ1) is 17.2. The minimum Gasteiger partial charge on any atom is -0.330 e. The fourth-order valence-electron chi connectivity index (χ4n) is 3.33. The molecule has 0 bridgehead atoms. The molecule has 2 N–H and O–H groups in total. The van der Waals surface area contributed by atoms with E-state index in [2.05, 4.69) is 52.0 Å². The smallest absolute Gasteiger partial charge is 0.00150 e. The Kier molecular flexibility index (Phi) is 7.29. The Morgan fingerprint density at radius 3 is 2.00 bits per heavy atom. The molecule has 1 aromatic rings. The van der Waals surface area contributed by atoms with Crippen LogP contribution in [-0.2, 0) is 0 Å². The highest BCUT2D eigenvalue weighted by atomic mass is 14.6. The molecular weight excluding hydrogens is 242 g/mol. The van der Waals surface area contributed by atoms with Crippen LogP contribution in [0.3, 0.4) is 0 Å². The van der Waals surface area contributed by atoms with Crippen molar-refractivity contribution < 1.29 is 0 Å². The molecule has 0 heterocycles. The number of hydrogen-bond acceptors (Lipinski definition) is 1. The predicted octanol–water partition coefficient (Wildman–Crippen LogP) is 5.42. The van der Waals surface area contributed by atoms with E-state index in [4.69, 9.17) is 5.73 Å². The Labute approximate surface area is 126 Å². The lowest BCUT2D eigenvalue weighted by Gasteiger charge is -2.40. The SMILES string of the molecule is CCC.Cc1ccc(C(CN)C2(C)CCCCC2)cc1. The zero-order valence-electron chi connectivity index (χ0n) is 13.9. The molecule has 1 nitrogen and oxygen atoms in total. The van der Waals surface area contributed by atoms with Gasteiger partial charge in [-0.1, -0.05) is 76.3 Å². The molecule has 20 heavy (non-hydrogen) atoms. The van der Waals surface area contributed by atoms with Crippen LogP contribution in [0.25, 0.3) is 0 Å². The molecule has 0 aromatic heterocycles. The lowest BCUT2D eigenvalue weighted by Crippen LogP contribution is -2.33. The molecule has 0 radical (unpaired) electrons. The summed E-state index contributed by atoms with van der Waals surface area (Å²) in [5.41, 5.74) is 9.24. The van der Waals surface area contributed by atoms with Crippen molar-refractivity contribution in [3.63, 3.8) is 0 Å². The van der Waals surface area contributed by atoms with Crippen molar-refractivity contribution >= 4 is 0 Å². The van der Waals surface area contributed by atoms with Crippen molar-refractivity contribution in [2.45, 2.75) is 72.1 Å². The zero-order chi connectivity index (χ0) is 15.0. The van der Waals surface area contributed by atoms with E-state index in [0.29, 0.717) is 11.3 Å². The standard InChI is InChI=1S/C16H25N.C3H8/c1-13-6-8-14(9-7-13)15(12-17)16(2)10-4-3-5-11-16;1-3-2/h6-9,15H,3-5,10-12,17H2,1-2H3;3H2,1-2H3. The summed E-state index contributed by atoms with van der Waals surface area (Å²) < 4.78 is 0. The predicted molar refractivity (Wildman–Crippen MR) is 90.1 cm³/mol. The number of hydrogen-bond donors (Lipinski definition) is 1. The molecule has 1 fully saturated rings. The highest BCUT2D eigenvalue weighted by Crippen LogP contribution is 2.46. The maximum atomic E-state index is 6.06. The lowest BCUT2D eigenvalue weighted by molar-refractivity contribution is 0.171. The Balaban J connectivity index is 0.000000612. The number of nitrogens with two attached hydrogens (primary N) is 1. The van der Waals surface area contributed by atoms with Crippen LogP contribution in [0.1, 0.15) is 76.3 Å². The monoisotopic (exact) mass is 275 g/mol. The van der Waals surface area contributed by atoms with Crippen molar-refractivity contribution in [1.82, 2.24) is 0 Å². The average molecular weight is 275 g/mol. The first-order valence-corrected chi connectivity index (χ1v) is 8.34. The molecule has 1 atom stereocenters. The summed E-state index contributed by atoms with van der Waals surface area (Å²) in [6.07, 6.45) is 8.07. The minimum absolute atomic E-state index is 0.419. The van der Waals surface area contributed by atoms with Gasteiger partial charge in [0.05, 0.1) is 0 Å². The van der Waals surface area contributed by atoms with Gasteiger partial charge in [-0.25, -0.2) is 0 Å². The Hall–Kier alpha value is -0.820. The molecule has 0 amide bonds. The van der Waals surface area contributed by atoms with E-state index in [-0.39, 0.29) is 0 Å². The summed E-state index contributed by atoms with van der Waals surface area (Å²) in [5, 5.41) is 0. The Morgan fingerprint density at radius 1 is 1.05 bits per heavy atom. The highest BCUT2D eigenvalue weighted by Gasteiger charge is 2.35. The van der Waals surface area contributed by atoms with E-state index in [1.807, 2.05) is 0 Å².